The maximum Gasteiger partial charge on any atom is 0.347 e. The zero-order valence-electron chi connectivity index (χ0n) is 14.0. The molecule has 132 valence electrons. The Morgan fingerprint density at radius 3 is 2.42 bits per heavy atom. The number of nitrogens with zero attached hydrogens (tertiary/aromatic N) is 1. The number of nitro benzene ring substituents is 1. The third-order valence-corrected chi connectivity index (χ3v) is 4.48. The Bertz CT molecular complexity index is 1020. The van der Waals surface area contributed by atoms with Crippen LogP contribution in [0.4, 0.5) is 5.69 Å². The van der Waals surface area contributed by atoms with Gasteiger partial charge in [-0.15, -0.1) is 0 Å². The average molecular weight is 416 g/mol. The van der Waals surface area contributed by atoms with E-state index in [1.165, 1.54) is 14.0 Å². The smallest absolute Gasteiger partial charge is 0.347 e. The maximum atomic E-state index is 12.8. The highest BCUT2D eigenvalue weighted by atomic mass is 79.9. The molecule has 0 aliphatic rings. The van der Waals surface area contributed by atoms with Crippen LogP contribution in [-0.4, -0.2) is 18.0 Å². The van der Waals surface area contributed by atoms with Gasteiger partial charge in [-0.25, -0.2) is 4.79 Å². The highest BCUT2D eigenvalue weighted by molar-refractivity contribution is 9.10. The number of carbonyl (C=O) groups is 1. The van der Waals surface area contributed by atoms with E-state index in [1.54, 1.807) is 48.5 Å². The van der Waals surface area contributed by atoms with Crippen LogP contribution in [0.15, 0.2) is 53.0 Å². The Hall–Kier alpha value is -2.93. The normalized spacial score (nSPS) is 10.6. The quantitative estimate of drug-likeness (QED) is 0.258. The second kappa shape index (κ2) is 7.13. The summed E-state index contributed by atoms with van der Waals surface area (Å²) in [6.07, 6.45) is 0. The van der Waals surface area contributed by atoms with Gasteiger partial charge in [0.05, 0.1) is 17.4 Å². The third kappa shape index (κ3) is 3.13. The lowest BCUT2D eigenvalue weighted by Crippen LogP contribution is -2.14. The first-order valence-electron chi connectivity index (χ1n) is 7.65. The monoisotopic (exact) mass is 415 g/mol. The first kappa shape index (κ1) is 17.9. The summed E-state index contributed by atoms with van der Waals surface area (Å²) in [7, 11) is 1.42. The van der Waals surface area contributed by atoms with Crippen LogP contribution in [-0.2, 0) is 0 Å². The number of esters is 1. The van der Waals surface area contributed by atoms with Crippen molar-refractivity contribution in [3.8, 4) is 11.5 Å². The number of fused-ring (bicyclic) bond motifs is 1. The third-order valence-electron chi connectivity index (χ3n) is 3.98. The molecule has 0 amide bonds. The number of hydrogen-bond donors (Lipinski definition) is 0. The Morgan fingerprint density at radius 1 is 1.12 bits per heavy atom. The molecule has 0 fully saturated rings. The van der Waals surface area contributed by atoms with E-state index in [0.29, 0.717) is 21.0 Å². The number of rotatable bonds is 4. The molecule has 0 saturated carbocycles. The summed E-state index contributed by atoms with van der Waals surface area (Å²) < 4.78 is 11.5. The Balaban J connectivity index is 2.28. The van der Waals surface area contributed by atoms with E-state index < -0.39 is 10.9 Å². The van der Waals surface area contributed by atoms with E-state index >= 15 is 0 Å². The van der Waals surface area contributed by atoms with Gasteiger partial charge in [0, 0.05) is 15.4 Å². The Kier molecular flexibility index (Phi) is 4.90. The molecule has 0 aliphatic heterocycles. The number of benzene rings is 3. The van der Waals surface area contributed by atoms with Crippen molar-refractivity contribution in [1.29, 1.82) is 0 Å². The Morgan fingerprint density at radius 2 is 1.81 bits per heavy atom. The molecule has 0 atom stereocenters. The molecule has 0 unspecified atom stereocenters. The predicted octanol–water partition coefficient (Wildman–Crippen LogP) is 5.05. The Labute approximate surface area is 157 Å². The van der Waals surface area contributed by atoms with Crippen molar-refractivity contribution in [2.75, 3.05) is 7.11 Å². The topological polar surface area (TPSA) is 78.7 Å². The van der Waals surface area contributed by atoms with Gasteiger partial charge >= 0.3 is 5.97 Å². The van der Waals surface area contributed by atoms with E-state index in [1.807, 2.05) is 0 Å². The molecule has 0 radical (unpaired) electrons. The van der Waals surface area contributed by atoms with Crippen LogP contribution < -0.4 is 9.47 Å². The molecule has 0 aliphatic carbocycles. The molecule has 0 bridgehead atoms. The summed E-state index contributed by atoms with van der Waals surface area (Å²) in [6.45, 7) is 1.52. The lowest BCUT2D eigenvalue weighted by atomic mass is 9.97. The van der Waals surface area contributed by atoms with Crippen LogP contribution in [0.3, 0.4) is 0 Å². The minimum Gasteiger partial charge on any atom is -0.495 e. The first-order valence-corrected chi connectivity index (χ1v) is 8.44. The highest BCUT2D eigenvalue weighted by Gasteiger charge is 2.29. The summed E-state index contributed by atoms with van der Waals surface area (Å²) in [5, 5.41) is 12.5. The number of methoxy groups -OCH3 is 1. The van der Waals surface area contributed by atoms with Crippen LogP contribution in [0.2, 0.25) is 0 Å². The first-order chi connectivity index (χ1) is 12.4. The van der Waals surface area contributed by atoms with E-state index in [2.05, 4.69) is 15.9 Å². The molecule has 3 rings (SSSR count). The van der Waals surface area contributed by atoms with Gasteiger partial charge in [-0.3, -0.25) is 10.1 Å². The van der Waals surface area contributed by atoms with Crippen molar-refractivity contribution in [3.63, 3.8) is 0 Å². The summed E-state index contributed by atoms with van der Waals surface area (Å²) >= 11 is 3.35. The molecular weight excluding hydrogens is 402 g/mol. The fraction of sp³-hybridized carbons (Fsp3) is 0.105. The van der Waals surface area contributed by atoms with Crippen LogP contribution in [0.25, 0.3) is 10.8 Å². The second-order valence-corrected chi connectivity index (χ2v) is 6.45. The fourth-order valence-electron chi connectivity index (χ4n) is 2.88. The van der Waals surface area contributed by atoms with E-state index in [0.717, 1.165) is 0 Å². The van der Waals surface area contributed by atoms with Crippen LogP contribution in [0, 0.1) is 17.0 Å². The molecular formula is C19H14BrNO5. The van der Waals surface area contributed by atoms with Crippen molar-refractivity contribution in [2.24, 2.45) is 0 Å². The molecule has 0 spiro atoms. The van der Waals surface area contributed by atoms with Crippen LogP contribution in [0.5, 0.6) is 11.5 Å². The van der Waals surface area contributed by atoms with Gasteiger partial charge in [-0.1, -0.05) is 34.1 Å². The van der Waals surface area contributed by atoms with E-state index in [-0.39, 0.29) is 22.6 Å². The van der Waals surface area contributed by atoms with Gasteiger partial charge in [-0.2, -0.15) is 0 Å². The summed E-state index contributed by atoms with van der Waals surface area (Å²) in [4.78, 5) is 23.9. The summed E-state index contributed by atoms with van der Waals surface area (Å²) in [5.74, 6) is -0.128. The molecule has 0 saturated heterocycles. The SMILES string of the molecule is COc1c(C(=O)Oc2ccccc2)c(C)c([N+](=O)[O-])c2ccc(Br)cc12. The van der Waals surface area contributed by atoms with Crippen molar-refractivity contribution in [1.82, 2.24) is 0 Å². The number of halogens is 1. The molecule has 0 heterocycles. The van der Waals surface area contributed by atoms with Crippen molar-refractivity contribution >= 4 is 38.4 Å². The lowest BCUT2D eigenvalue weighted by molar-refractivity contribution is -0.383. The van der Waals surface area contributed by atoms with Gasteiger partial charge in [0.25, 0.3) is 5.69 Å². The molecule has 7 heteroatoms. The molecule has 0 N–H and O–H groups in total. The van der Waals surface area contributed by atoms with Crippen LogP contribution >= 0.6 is 15.9 Å². The molecule has 3 aromatic rings. The number of ether oxygens (including phenoxy) is 2. The predicted molar refractivity (Wildman–Crippen MR) is 101 cm³/mol. The van der Waals surface area contributed by atoms with Gasteiger partial charge in [0.2, 0.25) is 0 Å². The average Bonchev–Trinajstić information content (AvgIpc) is 2.61. The number of nitro groups is 1. The number of carbonyl (C=O) groups excluding carboxylic acids is 1. The summed E-state index contributed by atoms with van der Waals surface area (Å²) in [6, 6.07) is 13.5. The zero-order chi connectivity index (χ0) is 18.8. The van der Waals surface area contributed by atoms with Gasteiger partial charge in [0.15, 0.2) is 0 Å². The van der Waals surface area contributed by atoms with Crippen molar-refractivity contribution in [2.45, 2.75) is 6.92 Å². The maximum absolute atomic E-state index is 12.8. The standard InChI is InChI=1S/C19H14BrNO5/c1-11-16(19(22)26-13-6-4-3-5-7-13)18(25-2)15-10-12(20)8-9-14(15)17(11)21(23)24/h3-10H,1-2H3. The van der Waals surface area contributed by atoms with Gasteiger partial charge in [-0.05, 0) is 37.3 Å². The lowest BCUT2D eigenvalue weighted by Gasteiger charge is -2.15. The van der Waals surface area contributed by atoms with Crippen molar-refractivity contribution in [3.05, 3.63) is 74.2 Å². The number of para-hydroxylation sites is 1. The fourth-order valence-corrected chi connectivity index (χ4v) is 3.24. The zero-order valence-corrected chi connectivity index (χ0v) is 15.6. The van der Waals surface area contributed by atoms with Gasteiger partial charge in [0.1, 0.15) is 17.1 Å². The molecule has 26 heavy (non-hydrogen) atoms. The molecule has 6 nitrogen and oxygen atoms in total. The highest BCUT2D eigenvalue weighted by Crippen LogP contribution is 2.41. The van der Waals surface area contributed by atoms with Crippen molar-refractivity contribution < 1.29 is 19.2 Å². The molecule has 3 aromatic carbocycles. The largest absolute Gasteiger partial charge is 0.495 e. The minimum absolute atomic E-state index is 0.0358. The number of hydrogen-bond acceptors (Lipinski definition) is 5. The van der Waals surface area contributed by atoms with E-state index in [9.17, 15) is 14.9 Å². The molecule has 0 aromatic heterocycles. The minimum atomic E-state index is -0.712. The van der Waals surface area contributed by atoms with E-state index in [4.69, 9.17) is 9.47 Å². The summed E-state index contributed by atoms with van der Waals surface area (Å²) in [5.41, 5.74) is 0.0876. The van der Waals surface area contributed by atoms with Crippen LogP contribution in [0.1, 0.15) is 15.9 Å². The second-order valence-electron chi connectivity index (χ2n) is 5.53. The van der Waals surface area contributed by atoms with Gasteiger partial charge < -0.3 is 9.47 Å².